The highest BCUT2D eigenvalue weighted by molar-refractivity contribution is 7.15. The lowest BCUT2D eigenvalue weighted by molar-refractivity contribution is -0.138. The molecule has 0 radical (unpaired) electrons. The number of anilines is 1. The predicted octanol–water partition coefficient (Wildman–Crippen LogP) is 3.49. The number of thiazole rings is 1. The second-order valence-corrected chi connectivity index (χ2v) is 6.86. The van der Waals surface area contributed by atoms with Crippen molar-refractivity contribution in [1.29, 1.82) is 0 Å². The molecule has 106 valence electrons. The summed E-state index contributed by atoms with van der Waals surface area (Å²) in [5, 5.41) is 13.4. The summed E-state index contributed by atoms with van der Waals surface area (Å²) < 4.78 is 0. The maximum absolute atomic E-state index is 11.1. The number of nitrogens with zero attached hydrogens (tertiary/aromatic N) is 1. The van der Waals surface area contributed by atoms with E-state index in [0.717, 1.165) is 28.5 Å². The van der Waals surface area contributed by atoms with E-state index in [1.807, 2.05) is 0 Å². The van der Waals surface area contributed by atoms with Crippen LogP contribution in [0.2, 0.25) is 0 Å². The fourth-order valence-corrected chi connectivity index (χ4v) is 3.55. The largest absolute Gasteiger partial charge is 0.481 e. The number of nitrogens with one attached hydrogen (secondary N) is 1. The van der Waals surface area contributed by atoms with E-state index in [0.29, 0.717) is 18.4 Å². The lowest BCUT2D eigenvalue weighted by atomic mass is 10.0. The molecule has 0 bridgehead atoms. The van der Waals surface area contributed by atoms with E-state index in [-0.39, 0.29) is 0 Å². The highest BCUT2D eigenvalue weighted by Gasteiger charge is 2.32. The van der Waals surface area contributed by atoms with Crippen molar-refractivity contribution in [2.75, 3.05) is 5.32 Å². The Balaban J connectivity index is 1.96. The molecule has 0 amide bonds. The number of rotatable bonds is 6. The van der Waals surface area contributed by atoms with Crippen LogP contribution in [0.3, 0.4) is 0 Å². The van der Waals surface area contributed by atoms with E-state index in [1.54, 1.807) is 11.3 Å². The number of aryl methyl sites for hydroxylation is 1. The first kappa shape index (κ1) is 14.3. The Morgan fingerprint density at radius 2 is 2.21 bits per heavy atom. The summed E-state index contributed by atoms with van der Waals surface area (Å²) in [7, 11) is 0. The van der Waals surface area contributed by atoms with Crippen LogP contribution in [-0.2, 0) is 11.2 Å². The quantitative estimate of drug-likeness (QED) is 0.838. The van der Waals surface area contributed by atoms with E-state index in [1.165, 1.54) is 6.42 Å². The van der Waals surface area contributed by atoms with Crippen molar-refractivity contribution in [3.63, 3.8) is 0 Å². The predicted molar refractivity (Wildman–Crippen MR) is 78.0 cm³/mol. The van der Waals surface area contributed by atoms with Crippen molar-refractivity contribution >= 4 is 22.4 Å². The van der Waals surface area contributed by atoms with Gasteiger partial charge in [0.25, 0.3) is 0 Å². The van der Waals surface area contributed by atoms with E-state index >= 15 is 0 Å². The minimum Gasteiger partial charge on any atom is -0.481 e. The maximum Gasteiger partial charge on any atom is 0.312 e. The summed E-state index contributed by atoms with van der Waals surface area (Å²) in [6.45, 7) is 6.60. The Morgan fingerprint density at radius 1 is 1.47 bits per heavy atom. The minimum absolute atomic E-state index is 0.386. The molecule has 1 aliphatic rings. The fraction of sp³-hybridized carbons (Fsp3) is 0.714. The first-order valence-corrected chi connectivity index (χ1v) is 7.78. The van der Waals surface area contributed by atoms with Crippen molar-refractivity contribution in [1.82, 2.24) is 4.98 Å². The zero-order valence-electron chi connectivity index (χ0n) is 11.8. The zero-order chi connectivity index (χ0) is 14.0. The number of hydrogen-bond donors (Lipinski definition) is 2. The van der Waals surface area contributed by atoms with Crippen LogP contribution in [0, 0.1) is 5.92 Å². The van der Waals surface area contributed by atoms with E-state index in [2.05, 4.69) is 31.1 Å². The second-order valence-electron chi connectivity index (χ2n) is 5.77. The third kappa shape index (κ3) is 3.47. The average molecular weight is 282 g/mol. The maximum atomic E-state index is 11.1. The molecule has 1 aromatic rings. The summed E-state index contributed by atoms with van der Waals surface area (Å²) in [4.78, 5) is 16.7. The molecule has 4 nitrogen and oxygen atoms in total. The fourth-order valence-electron chi connectivity index (χ4n) is 2.40. The third-order valence-corrected chi connectivity index (χ3v) is 4.62. The summed E-state index contributed by atoms with van der Waals surface area (Å²) in [6.07, 6.45) is 3.86. The van der Waals surface area contributed by atoms with Crippen molar-refractivity contribution in [2.24, 2.45) is 5.92 Å². The highest BCUT2D eigenvalue weighted by Crippen LogP contribution is 2.38. The van der Waals surface area contributed by atoms with Gasteiger partial charge in [-0.2, -0.15) is 0 Å². The number of hydrogen-bond acceptors (Lipinski definition) is 4. The molecule has 1 aromatic heterocycles. The van der Waals surface area contributed by atoms with Crippen LogP contribution < -0.4 is 5.32 Å². The summed E-state index contributed by atoms with van der Waals surface area (Å²) in [5.41, 5.74) is 0.788. The normalized spacial score (nSPS) is 19.5. The molecule has 19 heavy (non-hydrogen) atoms. The van der Waals surface area contributed by atoms with Gasteiger partial charge in [-0.05, 0) is 38.5 Å². The molecule has 2 unspecified atom stereocenters. The average Bonchev–Trinajstić information content (AvgIpc) is 2.85. The van der Waals surface area contributed by atoms with E-state index in [4.69, 9.17) is 5.11 Å². The number of carboxylic acid groups (broad SMARTS) is 1. The number of carboxylic acids is 1. The lowest BCUT2D eigenvalue weighted by Crippen LogP contribution is -2.16. The SMILES string of the molecule is CC(C)CCC(C)Nc1nc2c(s1)CCC2C(=O)O. The molecule has 0 aliphatic heterocycles. The van der Waals surface area contributed by atoms with E-state index < -0.39 is 11.9 Å². The molecule has 1 heterocycles. The molecule has 2 rings (SSSR count). The molecule has 0 aromatic carbocycles. The molecule has 0 saturated carbocycles. The third-order valence-electron chi connectivity index (χ3n) is 3.56. The molecule has 0 fully saturated rings. The van der Waals surface area contributed by atoms with Crippen LogP contribution in [-0.4, -0.2) is 22.1 Å². The Kier molecular flexibility index (Phi) is 4.45. The molecular weight excluding hydrogens is 260 g/mol. The van der Waals surface area contributed by atoms with Gasteiger partial charge in [0.05, 0.1) is 5.69 Å². The lowest BCUT2D eigenvalue weighted by Gasteiger charge is -2.14. The Bertz CT molecular complexity index is 456. The van der Waals surface area contributed by atoms with Crippen LogP contribution in [0.15, 0.2) is 0 Å². The van der Waals surface area contributed by atoms with Gasteiger partial charge in [-0.15, -0.1) is 11.3 Å². The number of fused-ring (bicyclic) bond motifs is 1. The molecular formula is C14H22N2O2S. The summed E-state index contributed by atoms with van der Waals surface area (Å²) in [6, 6.07) is 0.386. The highest BCUT2D eigenvalue weighted by atomic mass is 32.1. The zero-order valence-corrected chi connectivity index (χ0v) is 12.6. The van der Waals surface area contributed by atoms with Crippen LogP contribution in [0.4, 0.5) is 5.13 Å². The van der Waals surface area contributed by atoms with Gasteiger partial charge in [0.15, 0.2) is 5.13 Å². The smallest absolute Gasteiger partial charge is 0.312 e. The number of aromatic nitrogens is 1. The van der Waals surface area contributed by atoms with Gasteiger partial charge in [-0.1, -0.05) is 13.8 Å². The molecule has 5 heteroatoms. The standard InChI is InChI=1S/C14H22N2O2S/c1-8(2)4-5-9(3)15-14-16-12-10(13(17)18)6-7-11(12)19-14/h8-10H,4-7H2,1-3H3,(H,15,16)(H,17,18). The van der Waals surface area contributed by atoms with Gasteiger partial charge in [0.2, 0.25) is 0 Å². The first-order chi connectivity index (χ1) is 8.97. The van der Waals surface area contributed by atoms with Crippen LogP contribution >= 0.6 is 11.3 Å². The summed E-state index contributed by atoms with van der Waals surface area (Å²) in [5.74, 6) is -0.432. The Labute approximate surface area is 118 Å². The van der Waals surface area contributed by atoms with Crippen LogP contribution in [0.25, 0.3) is 0 Å². The minimum atomic E-state index is -0.747. The van der Waals surface area contributed by atoms with Crippen molar-refractivity contribution in [3.05, 3.63) is 10.6 Å². The second kappa shape index (κ2) is 5.90. The van der Waals surface area contributed by atoms with Crippen molar-refractivity contribution in [3.8, 4) is 0 Å². The van der Waals surface area contributed by atoms with Gasteiger partial charge >= 0.3 is 5.97 Å². The van der Waals surface area contributed by atoms with Gasteiger partial charge in [-0.25, -0.2) is 4.98 Å². The van der Waals surface area contributed by atoms with Crippen molar-refractivity contribution in [2.45, 2.75) is 58.4 Å². The molecule has 0 spiro atoms. The first-order valence-electron chi connectivity index (χ1n) is 6.96. The molecule has 2 N–H and O–H groups in total. The van der Waals surface area contributed by atoms with Gasteiger partial charge in [0.1, 0.15) is 5.92 Å². The van der Waals surface area contributed by atoms with Gasteiger partial charge in [0, 0.05) is 10.9 Å². The molecule has 2 atom stereocenters. The van der Waals surface area contributed by atoms with Gasteiger partial charge in [-0.3, -0.25) is 4.79 Å². The Morgan fingerprint density at radius 3 is 2.84 bits per heavy atom. The monoisotopic (exact) mass is 282 g/mol. The van der Waals surface area contributed by atoms with Crippen LogP contribution in [0.5, 0.6) is 0 Å². The van der Waals surface area contributed by atoms with Crippen LogP contribution in [0.1, 0.15) is 56.5 Å². The topological polar surface area (TPSA) is 62.2 Å². The van der Waals surface area contributed by atoms with Crippen molar-refractivity contribution < 1.29 is 9.90 Å². The van der Waals surface area contributed by atoms with Gasteiger partial charge < -0.3 is 10.4 Å². The molecule has 0 saturated heterocycles. The number of carbonyl (C=O) groups is 1. The molecule has 1 aliphatic carbocycles. The van der Waals surface area contributed by atoms with E-state index in [9.17, 15) is 4.79 Å². The summed E-state index contributed by atoms with van der Waals surface area (Å²) >= 11 is 1.62. The number of aliphatic carboxylic acids is 1. The Hall–Kier alpha value is -1.10.